The van der Waals surface area contributed by atoms with Crippen LogP contribution in [-0.4, -0.2) is 78.0 Å². The number of benzene rings is 1. The molecule has 2 aliphatic rings. The number of rotatable bonds is 3. The van der Waals surface area contributed by atoms with Gasteiger partial charge in [-0.05, 0) is 25.0 Å². The van der Waals surface area contributed by atoms with Crippen LogP contribution in [0.15, 0.2) is 24.3 Å². The van der Waals surface area contributed by atoms with Crippen molar-refractivity contribution in [2.24, 2.45) is 0 Å². The molecular weight excluding hydrogens is 373 g/mol. The number of halogens is 3. The highest BCUT2D eigenvalue weighted by Crippen LogP contribution is 2.24. The molecule has 2 fully saturated rings. The number of hydrogen-bond donors (Lipinski definition) is 0. The highest BCUT2D eigenvalue weighted by molar-refractivity contribution is 5.96. The minimum Gasteiger partial charge on any atom is -0.336 e. The molecule has 0 aliphatic carbocycles. The van der Waals surface area contributed by atoms with Crippen molar-refractivity contribution in [2.75, 3.05) is 39.3 Å². The first-order valence-corrected chi connectivity index (χ1v) is 9.18. The van der Waals surface area contributed by atoms with Crippen molar-refractivity contribution >= 4 is 11.8 Å². The number of piperidine rings is 1. The Balaban J connectivity index is 1.61. The molecule has 6 nitrogen and oxygen atoms in total. The van der Waals surface area contributed by atoms with Crippen LogP contribution >= 0.6 is 0 Å². The summed E-state index contributed by atoms with van der Waals surface area (Å²) < 4.78 is 38.0. The molecule has 1 aromatic rings. The fourth-order valence-corrected chi connectivity index (χ4v) is 3.81. The molecule has 9 heteroatoms. The van der Waals surface area contributed by atoms with E-state index in [0.717, 1.165) is 4.90 Å². The van der Waals surface area contributed by atoms with Gasteiger partial charge >= 0.3 is 6.18 Å². The summed E-state index contributed by atoms with van der Waals surface area (Å²) in [6.45, 7) is 0.459. The van der Waals surface area contributed by atoms with E-state index in [4.69, 9.17) is 5.26 Å². The number of alkyl halides is 3. The number of amides is 2. The van der Waals surface area contributed by atoms with E-state index in [1.807, 2.05) is 11.0 Å². The minimum atomic E-state index is -4.41. The number of nitriles is 1. The van der Waals surface area contributed by atoms with Crippen molar-refractivity contribution in [1.82, 2.24) is 14.7 Å². The standard InChI is InChI=1S/C19H21F3N4O2/c20-19(21,22)13-26-7-3-6-16(18(26)28)24-8-10-25(11-9-24)17(27)15-5-2-1-4-14(15)12-23/h1-2,4-5,16H,3,6-11,13H2. The lowest BCUT2D eigenvalue weighted by Crippen LogP contribution is -2.59. The topological polar surface area (TPSA) is 67.7 Å². The van der Waals surface area contributed by atoms with Crippen LogP contribution in [0.1, 0.15) is 28.8 Å². The fourth-order valence-electron chi connectivity index (χ4n) is 3.81. The van der Waals surface area contributed by atoms with Gasteiger partial charge < -0.3 is 9.80 Å². The van der Waals surface area contributed by atoms with Crippen LogP contribution in [0.4, 0.5) is 13.2 Å². The van der Waals surface area contributed by atoms with Crippen LogP contribution in [0.2, 0.25) is 0 Å². The van der Waals surface area contributed by atoms with Gasteiger partial charge in [-0.1, -0.05) is 12.1 Å². The van der Waals surface area contributed by atoms with Crippen LogP contribution in [0, 0.1) is 11.3 Å². The first-order valence-electron chi connectivity index (χ1n) is 9.18. The van der Waals surface area contributed by atoms with E-state index in [1.54, 1.807) is 29.2 Å². The largest absolute Gasteiger partial charge is 0.406 e. The Morgan fingerprint density at radius 3 is 2.46 bits per heavy atom. The van der Waals surface area contributed by atoms with E-state index in [-0.39, 0.29) is 12.5 Å². The number of piperazine rings is 1. The Bertz CT molecular complexity index is 782. The zero-order valence-corrected chi connectivity index (χ0v) is 15.3. The summed E-state index contributed by atoms with van der Waals surface area (Å²) in [6.07, 6.45) is -3.35. The predicted octanol–water partition coefficient (Wildman–Crippen LogP) is 1.87. The number of likely N-dealkylation sites (tertiary alicyclic amines) is 1. The van der Waals surface area contributed by atoms with Gasteiger partial charge in [-0.2, -0.15) is 18.4 Å². The summed E-state index contributed by atoms with van der Waals surface area (Å²) in [7, 11) is 0. The Morgan fingerprint density at radius 2 is 1.82 bits per heavy atom. The monoisotopic (exact) mass is 394 g/mol. The molecule has 1 aromatic carbocycles. The molecule has 2 saturated heterocycles. The van der Waals surface area contributed by atoms with Crippen molar-refractivity contribution in [1.29, 1.82) is 5.26 Å². The smallest absolute Gasteiger partial charge is 0.336 e. The molecule has 0 radical (unpaired) electrons. The Labute approximate surface area is 161 Å². The molecule has 0 aromatic heterocycles. The van der Waals surface area contributed by atoms with E-state index in [9.17, 15) is 22.8 Å². The normalized spacial score (nSPS) is 21.5. The van der Waals surface area contributed by atoms with Gasteiger partial charge in [0.05, 0.1) is 23.2 Å². The number of nitrogens with zero attached hydrogens (tertiary/aromatic N) is 4. The third-order valence-electron chi connectivity index (χ3n) is 5.19. The highest BCUT2D eigenvalue weighted by Gasteiger charge is 2.40. The van der Waals surface area contributed by atoms with Crippen molar-refractivity contribution in [2.45, 2.75) is 25.1 Å². The maximum atomic E-state index is 12.7. The lowest BCUT2D eigenvalue weighted by Gasteiger charge is -2.42. The molecule has 3 rings (SSSR count). The third-order valence-corrected chi connectivity index (χ3v) is 5.19. The predicted molar refractivity (Wildman–Crippen MR) is 94.3 cm³/mol. The SMILES string of the molecule is N#Cc1ccccc1C(=O)N1CCN(C2CCCN(CC(F)(F)F)C2=O)CC1. The lowest BCUT2D eigenvalue weighted by molar-refractivity contribution is -0.168. The summed E-state index contributed by atoms with van der Waals surface area (Å²) in [5.74, 6) is -0.733. The van der Waals surface area contributed by atoms with Gasteiger partial charge in [-0.25, -0.2) is 0 Å². The van der Waals surface area contributed by atoms with Crippen molar-refractivity contribution in [3.63, 3.8) is 0 Å². The van der Waals surface area contributed by atoms with Crippen molar-refractivity contribution in [3.05, 3.63) is 35.4 Å². The van der Waals surface area contributed by atoms with Gasteiger partial charge in [0, 0.05) is 32.7 Å². The first-order chi connectivity index (χ1) is 13.3. The summed E-state index contributed by atoms with van der Waals surface area (Å²) in [6, 6.07) is 8.01. The van der Waals surface area contributed by atoms with E-state index in [1.165, 1.54) is 0 Å². The number of carbonyl (C=O) groups is 2. The maximum absolute atomic E-state index is 12.7. The lowest BCUT2D eigenvalue weighted by atomic mass is 10.0. The molecule has 0 bridgehead atoms. The number of carbonyl (C=O) groups excluding carboxylic acids is 2. The second kappa shape index (κ2) is 8.19. The van der Waals surface area contributed by atoms with E-state index >= 15 is 0 Å². The van der Waals surface area contributed by atoms with Gasteiger partial charge in [0.15, 0.2) is 0 Å². The molecule has 1 atom stereocenters. The van der Waals surface area contributed by atoms with Gasteiger partial charge in [-0.3, -0.25) is 14.5 Å². The van der Waals surface area contributed by atoms with Crippen molar-refractivity contribution in [3.8, 4) is 6.07 Å². The molecule has 2 heterocycles. The third kappa shape index (κ3) is 4.44. The van der Waals surface area contributed by atoms with Crippen LogP contribution in [0.25, 0.3) is 0 Å². The molecule has 2 amide bonds. The second-order valence-electron chi connectivity index (χ2n) is 7.02. The van der Waals surface area contributed by atoms with Crippen LogP contribution in [0.5, 0.6) is 0 Å². The van der Waals surface area contributed by atoms with Crippen LogP contribution in [-0.2, 0) is 4.79 Å². The van der Waals surface area contributed by atoms with Gasteiger partial charge in [0.1, 0.15) is 6.54 Å². The minimum absolute atomic E-state index is 0.123. The van der Waals surface area contributed by atoms with Gasteiger partial charge in [0.25, 0.3) is 5.91 Å². The molecule has 28 heavy (non-hydrogen) atoms. The summed E-state index contributed by atoms with van der Waals surface area (Å²) in [5, 5.41) is 9.16. The first kappa shape index (κ1) is 20.1. The molecule has 2 aliphatic heterocycles. The quantitative estimate of drug-likeness (QED) is 0.785. The summed E-state index contributed by atoms with van der Waals surface area (Å²) >= 11 is 0. The fraction of sp³-hybridized carbons (Fsp3) is 0.526. The van der Waals surface area contributed by atoms with Crippen LogP contribution < -0.4 is 0 Å². The van der Waals surface area contributed by atoms with Crippen molar-refractivity contribution < 1.29 is 22.8 Å². The average Bonchev–Trinajstić information content (AvgIpc) is 2.68. The van der Waals surface area contributed by atoms with E-state index in [2.05, 4.69) is 0 Å². The summed E-state index contributed by atoms with van der Waals surface area (Å²) in [5.41, 5.74) is 0.642. The highest BCUT2D eigenvalue weighted by atomic mass is 19.4. The molecular formula is C19H21F3N4O2. The summed E-state index contributed by atoms with van der Waals surface area (Å²) in [4.78, 5) is 29.6. The Kier molecular flexibility index (Phi) is 5.89. The second-order valence-corrected chi connectivity index (χ2v) is 7.02. The zero-order chi connectivity index (χ0) is 20.3. The van der Waals surface area contributed by atoms with Gasteiger partial charge in [0.2, 0.25) is 5.91 Å². The zero-order valence-electron chi connectivity index (χ0n) is 15.3. The Morgan fingerprint density at radius 1 is 1.14 bits per heavy atom. The maximum Gasteiger partial charge on any atom is 0.406 e. The molecule has 0 N–H and O–H groups in total. The van der Waals surface area contributed by atoms with E-state index in [0.29, 0.717) is 50.1 Å². The molecule has 0 spiro atoms. The number of hydrogen-bond acceptors (Lipinski definition) is 4. The molecule has 0 saturated carbocycles. The van der Waals surface area contributed by atoms with Crippen LogP contribution in [0.3, 0.4) is 0 Å². The Hall–Kier alpha value is -2.60. The molecule has 150 valence electrons. The average molecular weight is 394 g/mol. The molecule has 1 unspecified atom stereocenters. The van der Waals surface area contributed by atoms with Gasteiger partial charge in [-0.15, -0.1) is 0 Å². The van der Waals surface area contributed by atoms with E-state index < -0.39 is 24.7 Å².